The Morgan fingerprint density at radius 3 is 2.50 bits per heavy atom. The highest BCUT2D eigenvalue weighted by Crippen LogP contribution is 2.17. The van der Waals surface area contributed by atoms with Gasteiger partial charge in [-0.05, 0) is 23.8 Å². The molecule has 0 aliphatic heterocycles. The summed E-state index contributed by atoms with van der Waals surface area (Å²) in [5.74, 6) is 0.0705. The van der Waals surface area contributed by atoms with E-state index in [0.29, 0.717) is 11.3 Å². The molecule has 2 aromatic carbocycles. The van der Waals surface area contributed by atoms with Gasteiger partial charge in [0.1, 0.15) is 18.2 Å². The molecule has 0 saturated carbocycles. The topological polar surface area (TPSA) is 46.5 Å². The van der Waals surface area contributed by atoms with Gasteiger partial charge in [0.25, 0.3) is 0 Å². The van der Waals surface area contributed by atoms with Crippen molar-refractivity contribution >= 4 is 5.78 Å². The molecule has 0 aliphatic rings. The SMILES string of the molecule is O=C(COc1ccccc1CO)Cc1ccc(F)cc1. The number of benzene rings is 2. The molecule has 0 saturated heterocycles. The fraction of sp³-hybridized carbons (Fsp3) is 0.188. The molecule has 0 spiro atoms. The zero-order valence-corrected chi connectivity index (χ0v) is 10.9. The summed E-state index contributed by atoms with van der Waals surface area (Å²) in [7, 11) is 0. The van der Waals surface area contributed by atoms with E-state index in [1.807, 2.05) is 0 Å². The van der Waals surface area contributed by atoms with Crippen LogP contribution in [0, 0.1) is 5.82 Å². The van der Waals surface area contributed by atoms with Crippen molar-refractivity contribution in [2.45, 2.75) is 13.0 Å². The Morgan fingerprint density at radius 2 is 1.80 bits per heavy atom. The van der Waals surface area contributed by atoms with Crippen molar-refractivity contribution in [2.75, 3.05) is 6.61 Å². The number of halogens is 1. The molecule has 3 nitrogen and oxygen atoms in total. The first-order chi connectivity index (χ1) is 9.69. The van der Waals surface area contributed by atoms with Crippen molar-refractivity contribution in [3.05, 3.63) is 65.5 Å². The van der Waals surface area contributed by atoms with Gasteiger partial charge < -0.3 is 9.84 Å². The number of ketones is 1. The molecule has 104 valence electrons. The number of para-hydroxylation sites is 1. The maximum atomic E-state index is 12.7. The Labute approximate surface area is 116 Å². The van der Waals surface area contributed by atoms with E-state index in [4.69, 9.17) is 9.84 Å². The van der Waals surface area contributed by atoms with Crippen molar-refractivity contribution in [1.29, 1.82) is 0 Å². The monoisotopic (exact) mass is 274 g/mol. The second-order valence-electron chi connectivity index (χ2n) is 4.40. The molecule has 0 aliphatic carbocycles. The van der Waals surface area contributed by atoms with Crippen molar-refractivity contribution in [3.8, 4) is 5.75 Å². The molecule has 0 heterocycles. The third-order valence-corrected chi connectivity index (χ3v) is 2.85. The third-order valence-electron chi connectivity index (χ3n) is 2.85. The lowest BCUT2D eigenvalue weighted by atomic mass is 10.1. The Hall–Kier alpha value is -2.20. The average molecular weight is 274 g/mol. The van der Waals surface area contributed by atoms with Gasteiger partial charge in [0, 0.05) is 12.0 Å². The average Bonchev–Trinajstić information content (AvgIpc) is 2.48. The number of aliphatic hydroxyl groups is 1. The fourth-order valence-corrected chi connectivity index (χ4v) is 1.81. The van der Waals surface area contributed by atoms with E-state index in [9.17, 15) is 9.18 Å². The summed E-state index contributed by atoms with van der Waals surface area (Å²) < 4.78 is 18.1. The minimum atomic E-state index is -0.325. The second kappa shape index (κ2) is 6.82. The minimum absolute atomic E-state index is 0.0750. The van der Waals surface area contributed by atoms with E-state index in [-0.39, 0.29) is 31.2 Å². The fourth-order valence-electron chi connectivity index (χ4n) is 1.81. The van der Waals surface area contributed by atoms with Crippen LogP contribution in [0.15, 0.2) is 48.5 Å². The summed E-state index contributed by atoms with van der Waals surface area (Å²) in [5, 5.41) is 9.14. The zero-order valence-electron chi connectivity index (χ0n) is 10.9. The van der Waals surface area contributed by atoms with E-state index >= 15 is 0 Å². The highest BCUT2D eigenvalue weighted by Gasteiger charge is 2.07. The maximum absolute atomic E-state index is 12.7. The molecule has 0 aromatic heterocycles. The van der Waals surface area contributed by atoms with Crippen LogP contribution >= 0.6 is 0 Å². The van der Waals surface area contributed by atoms with Crippen LogP contribution in [0.3, 0.4) is 0 Å². The molecule has 1 N–H and O–H groups in total. The first-order valence-electron chi connectivity index (χ1n) is 6.27. The van der Waals surface area contributed by atoms with Crippen LogP contribution in [-0.2, 0) is 17.8 Å². The number of rotatable bonds is 6. The Morgan fingerprint density at radius 1 is 1.10 bits per heavy atom. The van der Waals surface area contributed by atoms with Gasteiger partial charge >= 0.3 is 0 Å². The van der Waals surface area contributed by atoms with Crippen LogP contribution in [0.2, 0.25) is 0 Å². The number of carbonyl (C=O) groups excluding carboxylic acids is 1. The molecule has 0 unspecified atom stereocenters. The Bertz CT molecular complexity index is 579. The molecule has 0 amide bonds. The first-order valence-corrected chi connectivity index (χ1v) is 6.27. The van der Waals surface area contributed by atoms with Gasteiger partial charge in [-0.25, -0.2) is 4.39 Å². The third kappa shape index (κ3) is 3.90. The molecule has 0 fully saturated rings. The van der Waals surface area contributed by atoms with Gasteiger partial charge in [-0.1, -0.05) is 30.3 Å². The van der Waals surface area contributed by atoms with E-state index in [2.05, 4.69) is 0 Å². The lowest BCUT2D eigenvalue weighted by Crippen LogP contribution is -2.14. The summed E-state index contributed by atoms with van der Waals surface area (Å²) in [5.41, 5.74) is 1.39. The van der Waals surface area contributed by atoms with Crippen LogP contribution in [0.1, 0.15) is 11.1 Å². The lowest BCUT2D eigenvalue weighted by Gasteiger charge is -2.09. The maximum Gasteiger partial charge on any atom is 0.174 e. The molecule has 2 aromatic rings. The lowest BCUT2D eigenvalue weighted by molar-refractivity contribution is -0.120. The zero-order chi connectivity index (χ0) is 14.4. The van der Waals surface area contributed by atoms with Crippen LogP contribution in [0.5, 0.6) is 5.75 Å². The van der Waals surface area contributed by atoms with E-state index < -0.39 is 0 Å². The number of Topliss-reactive ketones (excluding diaryl/α,β-unsaturated/α-hetero) is 1. The van der Waals surface area contributed by atoms with Gasteiger partial charge in [-0.3, -0.25) is 4.79 Å². The summed E-state index contributed by atoms with van der Waals surface area (Å²) in [4.78, 5) is 11.8. The van der Waals surface area contributed by atoms with Crippen molar-refractivity contribution in [3.63, 3.8) is 0 Å². The number of aliphatic hydroxyl groups excluding tert-OH is 1. The molecule has 0 radical (unpaired) electrons. The van der Waals surface area contributed by atoms with Crippen LogP contribution in [0.4, 0.5) is 4.39 Å². The van der Waals surface area contributed by atoms with Gasteiger partial charge in [-0.15, -0.1) is 0 Å². The highest BCUT2D eigenvalue weighted by molar-refractivity contribution is 5.82. The van der Waals surface area contributed by atoms with Crippen LogP contribution in [0.25, 0.3) is 0 Å². The minimum Gasteiger partial charge on any atom is -0.485 e. The molecule has 4 heteroatoms. The first kappa shape index (κ1) is 14.2. The summed E-state index contributed by atoms with van der Waals surface area (Å²) in [6.07, 6.45) is 0.196. The predicted octanol–water partition coefficient (Wildman–Crippen LogP) is 2.51. The van der Waals surface area contributed by atoms with Gasteiger partial charge in [0.05, 0.1) is 6.61 Å². The quantitative estimate of drug-likeness (QED) is 0.880. The smallest absolute Gasteiger partial charge is 0.174 e. The summed E-state index contributed by atoms with van der Waals surface area (Å²) >= 11 is 0. The van der Waals surface area contributed by atoms with Crippen LogP contribution in [-0.4, -0.2) is 17.5 Å². The second-order valence-corrected chi connectivity index (χ2v) is 4.40. The molecule has 0 atom stereocenters. The number of carbonyl (C=O) groups is 1. The molecule has 2 rings (SSSR count). The normalized spacial score (nSPS) is 10.3. The number of hydrogen-bond donors (Lipinski definition) is 1. The van der Waals surface area contributed by atoms with E-state index in [0.717, 1.165) is 5.56 Å². The highest BCUT2D eigenvalue weighted by atomic mass is 19.1. The molecule has 20 heavy (non-hydrogen) atoms. The molecular weight excluding hydrogens is 259 g/mol. The number of ether oxygens (including phenoxy) is 1. The standard InChI is InChI=1S/C16H15FO3/c17-14-7-5-12(6-8-14)9-15(19)11-20-16-4-2-1-3-13(16)10-18/h1-8,18H,9-11H2. The van der Waals surface area contributed by atoms with Gasteiger partial charge in [-0.2, -0.15) is 0 Å². The van der Waals surface area contributed by atoms with Crippen molar-refractivity contribution in [1.82, 2.24) is 0 Å². The predicted molar refractivity (Wildman–Crippen MR) is 73.0 cm³/mol. The number of hydrogen-bond acceptors (Lipinski definition) is 3. The largest absolute Gasteiger partial charge is 0.485 e. The Balaban J connectivity index is 1.90. The van der Waals surface area contributed by atoms with Gasteiger partial charge in [0.2, 0.25) is 0 Å². The summed E-state index contributed by atoms with van der Waals surface area (Å²) in [6, 6.07) is 12.8. The summed E-state index contributed by atoms with van der Waals surface area (Å²) in [6.45, 7) is -0.212. The van der Waals surface area contributed by atoms with Crippen molar-refractivity contribution < 1.29 is 19.0 Å². The Kier molecular flexibility index (Phi) is 4.85. The van der Waals surface area contributed by atoms with E-state index in [1.54, 1.807) is 36.4 Å². The molecule has 0 bridgehead atoms. The molecular formula is C16H15FO3. The van der Waals surface area contributed by atoms with Crippen LogP contribution < -0.4 is 4.74 Å². The van der Waals surface area contributed by atoms with Gasteiger partial charge in [0.15, 0.2) is 5.78 Å². The van der Waals surface area contributed by atoms with E-state index in [1.165, 1.54) is 12.1 Å². The van der Waals surface area contributed by atoms with Crippen molar-refractivity contribution in [2.24, 2.45) is 0 Å².